The quantitative estimate of drug-likeness (QED) is 0.924. The average Bonchev–Trinajstić information content (AvgIpc) is 2.91. The third-order valence-corrected chi connectivity index (χ3v) is 4.28. The number of aryl methyl sites for hydroxylation is 2. The highest BCUT2D eigenvalue weighted by Crippen LogP contribution is 2.37. The lowest BCUT2D eigenvalue weighted by Crippen LogP contribution is -2.34. The van der Waals surface area contributed by atoms with Crippen molar-refractivity contribution in [1.29, 1.82) is 0 Å². The number of carbonyl (C=O) groups excluding carboxylic acids is 1. The molecule has 1 amide bonds. The van der Waals surface area contributed by atoms with Crippen LogP contribution < -0.4 is 0 Å². The number of nitrogens with zero attached hydrogens (tertiary/aromatic N) is 1. The van der Waals surface area contributed by atoms with Crippen molar-refractivity contribution in [3.05, 3.63) is 35.4 Å². The first-order valence-corrected chi connectivity index (χ1v) is 7.32. The number of carbonyl (C=O) groups is 2. The van der Waals surface area contributed by atoms with Crippen LogP contribution in [0.1, 0.15) is 17.5 Å². The highest BCUT2D eigenvalue weighted by Gasteiger charge is 2.53. The van der Waals surface area contributed by atoms with E-state index in [-0.39, 0.29) is 13.0 Å². The van der Waals surface area contributed by atoms with E-state index in [0.717, 1.165) is 16.0 Å². The van der Waals surface area contributed by atoms with Gasteiger partial charge in [0.1, 0.15) is 0 Å². The first kappa shape index (κ1) is 17.3. The van der Waals surface area contributed by atoms with Crippen molar-refractivity contribution < 1.29 is 27.9 Å². The van der Waals surface area contributed by atoms with Crippen LogP contribution >= 0.6 is 0 Å². The van der Waals surface area contributed by atoms with E-state index in [0.29, 0.717) is 6.42 Å². The van der Waals surface area contributed by atoms with Crippen LogP contribution in [0.3, 0.4) is 0 Å². The standard InChI is InChI=1S/C16H18F3NO3/c1-10-4-2-3-5-11(10)6-7-14(21)20-8-12(15(22)23)13(9-20)16(17,18)19/h2-5,12-13H,6-9H2,1H3,(H,22,23)/t12-,13-/m1/s1. The molecular formula is C16H18F3NO3. The molecule has 23 heavy (non-hydrogen) atoms. The maximum absolute atomic E-state index is 12.9. The first-order chi connectivity index (χ1) is 10.7. The number of hydrogen-bond donors (Lipinski definition) is 1. The number of hydrogen-bond acceptors (Lipinski definition) is 2. The Kier molecular flexibility index (Phi) is 4.97. The third-order valence-electron chi connectivity index (χ3n) is 4.28. The van der Waals surface area contributed by atoms with Gasteiger partial charge in [0, 0.05) is 19.5 Å². The normalized spacial score (nSPS) is 21.5. The molecule has 0 saturated carbocycles. The van der Waals surface area contributed by atoms with Gasteiger partial charge in [0.2, 0.25) is 5.91 Å². The van der Waals surface area contributed by atoms with Gasteiger partial charge in [-0.05, 0) is 24.5 Å². The zero-order valence-corrected chi connectivity index (χ0v) is 12.6. The van der Waals surface area contributed by atoms with Crippen molar-refractivity contribution in [2.24, 2.45) is 11.8 Å². The van der Waals surface area contributed by atoms with E-state index in [9.17, 15) is 22.8 Å². The van der Waals surface area contributed by atoms with Gasteiger partial charge in [-0.3, -0.25) is 9.59 Å². The minimum Gasteiger partial charge on any atom is -0.481 e. The molecular weight excluding hydrogens is 311 g/mol. The third kappa shape index (κ3) is 4.03. The Morgan fingerprint density at radius 1 is 1.26 bits per heavy atom. The number of carboxylic acids is 1. The fourth-order valence-electron chi connectivity index (χ4n) is 2.88. The van der Waals surface area contributed by atoms with Gasteiger partial charge in [0.15, 0.2) is 0 Å². The molecule has 0 radical (unpaired) electrons. The van der Waals surface area contributed by atoms with Gasteiger partial charge >= 0.3 is 12.1 Å². The molecule has 0 aliphatic carbocycles. The number of amides is 1. The second-order valence-electron chi connectivity index (χ2n) is 5.82. The lowest BCUT2D eigenvalue weighted by Gasteiger charge is -2.18. The second-order valence-corrected chi connectivity index (χ2v) is 5.82. The van der Waals surface area contributed by atoms with Crippen LogP contribution in [0.4, 0.5) is 13.2 Å². The van der Waals surface area contributed by atoms with Crippen molar-refractivity contribution in [3.63, 3.8) is 0 Å². The number of benzene rings is 1. The Morgan fingerprint density at radius 3 is 2.43 bits per heavy atom. The van der Waals surface area contributed by atoms with E-state index >= 15 is 0 Å². The van der Waals surface area contributed by atoms with Gasteiger partial charge in [0.05, 0.1) is 11.8 Å². The SMILES string of the molecule is Cc1ccccc1CCC(=O)N1C[C@@H](C(F)(F)F)[C@H](C(=O)O)C1. The largest absolute Gasteiger partial charge is 0.481 e. The van der Waals surface area contributed by atoms with E-state index < -0.39 is 36.4 Å². The summed E-state index contributed by atoms with van der Waals surface area (Å²) in [6, 6.07) is 7.47. The van der Waals surface area contributed by atoms with Crippen LogP contribution in [-0.4, -0.2) is 41.1 Å². The van der Waals surface area contributed by atoms with Crippen molar-refractivity contribution in [1.82, 2.24) is 4.90 Å². The predicted molar refractivity (Wildman–Crippen MR) is 76.8 cm³/mol. The fourth-order valence-corrected chi connectivity index (χ4v) is 2.88. The number of aliphatic carboxylic acids is 1. The first-order valence-electron chi connectivity index (χ1n) is 7.32. The molecule has 0 spiro atoms. The highest BCUT2D eigenvalue weighted by atomic mass is 19.4. The molecule has 0 bridgehead atoms. The zero-order valence-electron chi connectivity index (χ0n) is 12.6. The minimum absolute atomic E-state index is 0.0712. The van der Waals surface area contributed by atoms with Crippen LogP contribution in [-0.2, 0) is 16.0 Å². The van der Waals surface area contributed by atoms with Crippen molar-refractivity contribution >= 4 is 11.9 Å². The monoisotopic (exact) mass is 329 g/mol. The highest BCUT2D eigenvalue weighted by molar-refractivity contribution is 5.79. The Balaban J connectivity index is 2.01. The molecule has 1 fully saturated rings. The molecule has 0 unspecified atom stereocenters. The summed E-state index contributed by atoms with van der Waals surface area (Å²) in [7, 11) is 0. The van der Waals surface area contributed by atoms with E-state index in [4.69, 9.17) is 5.11 Å². The minimum atomic E-state index is -4.62. The summed E-state index contributed by atoms with van der Waals surface area (Å²) in [6.45, 7) is 0.939. The molecule has 1 aromatic carbocycles. The maximum atomic E-state index is 12.9. The van der Waals surface area contributed by atoms with Crippen LogP contribution in [0.25, 0.3) is 0 Å². The van der Waals surface area contributed by atoms with Crippen molar-refractivity contribution in [3.8, 4) is 0 Å². The fraction of sp³-hybridized carbons (Fsp3) is 0.500. The van der Waals surface area contributed by atoms with E-state index in [1.165, 1.54) is 0 Å². The molecule has 4 nitrogen and oxygen atoms in total. The molecule has 2 rings (SSSR count). The number of alkyl halides is 3. The molecule has 126 valence electrons. The number of carboxylic acid groups (broad SMARTS) is 1. The second kappa shape index (κ2) is 6.60. The van der Waals surface area contributed by atoms with Gasteiger partial charge in [0.25, 0.3) is 0 Å². The van der Waals surface area contributed by atoms with Crippen molar-refractivity contribution in [2.75, 3.05) is 13.1 Å². The van der Waals surface area contributed by atoms with Gasteiger partial charge in [-0.2, -0.15) is 13.2 Å². The number of halogens is 3. The topological polar surface area (TPSA) is 57.6 Å². The van der Waals surface area contributed by atoms with Crippen LogP contribution in [0, 0.1) is 18.8 Å². The molecule has 1 heterocycles. The molecule has 1 aliphatic rings. The van der Waals surface area contributed by atoms with Crippen LogP contribution in [0.15, 0.2) is 24.3 Å². The Labute approximate surface area is 131 Å². The Hall–Kier alpha value is -2.05. The molecule has 7 heteroatoms. The lowest BCUT2D eigenvalue weighted by atomic mass is 9.96. The summed E-state index contributed by atoms with van der Waals surface area (Å²) >= 11 is 0. The molecule has 1 aliphatic heterocycles. The molecule has 1 N–H and O–H groups in total. The summed E-state index contributed by atoms with van der Waals surface area (Å²) in [5.74, 6) is -5.53. The summed E-state index contributed by atoms with van der Waals surface area (Å²) < 4.78 is 38.7. The summed E-state index contributed by atoms with van der Waals surface area (Å²) in [6.07, 6.45) is -4.12. The molecule has 0 aromatic heterocycles. The summed E-state index contributed by atoms with van der Waals surface area (Å²) in [5.41, 5.74) is 1.97. The number of rotatable bonds is 4. The van der Waals surface area contributed by atoms with Gasteiger partial charge in [-0.1, -0.05) is 24.3 Å². The Bertz CT molecular complexity index is 600. The van der Waals surface area contributed by atoms with E-state index in [1.807, 2.05) is 31.2 Å². The lowest BCUT2D eigenvalue weighted by molar-refractivity contribution is -0.188. The van der Waals surface area contributed by atoms with Gasteiger partial charge in [-0.25, -0.2) is 0 Å². The van der Waals surface area contributed by atoms with Gasteiger partial charge in [-0.15, -0.1) is 0 Å². The number of likely N-dealkylation sites (tertiary alicyclic amines) is 1. The predicted octanol–water partition coefficient (Wildman–Crippen LogP) is 2.65. The smallest absolute Gasteiger partial charge is 0.394 e. The molecule has 2 atom stereocenters. The zero-order chi connectivity index (χ0) is 17.2. The summed E-state index contributed by atoms with van der Waals surface area (Å²) in [5, 5.41) is 8.95. The van der Waals surface area contributed by atoms with E-state index in [2.05, 4.69) is 0 Å². The Morgan fingerprint density at radius 2 is 1.91 bits per heavy atom. The molecule has 1 aromatic rings. The van der Waals surface area contributed by atoms with Crippen molar-refractivity contribution in [2.45, 2.75) is 25.9 Å². The van der Waals surface area contributed by atoms with Gasteiger partial charge < -0.3 is 10.0 Å². The van der Waals surface area contributed by atoms with Crippen LogP contribution in [0.5, 0.6) is 0 Å². The average molecular weight is 329 g/mol. The van der Waals surface area contributed by atoms with Crippen LogP contribution in [0.2, 0.25) is 0 Å². The summed E-state index contributed by atoms with van der Waals surface area (Å²) in [4.78, 5) is 24.2. The molecule has 1 saturated heterocycles. The van der Waals surface area contributed by atoms with E-state index in [1.54, 1.807) is 0 Å². The maximum Gasteiger partial charge on any atom is 0.394 e.